The smallest absolute Gasteiger partial charge is 0.200 e. The second-order valence-corrected chi connectivity index (χ2v) is 7.29. The van der Waals surface area contributed by atoms with E-state index in [0.717, 1.165) is 12.2 Å². The zero-order valence-corrected chi connectivity index (χ0v) is 15.5. The van der Waals surface area contributed by atoms with Crippen LogP contribution in [-0.4, -0.2) is 25.3 Å². The molecule has 0 aliphatic carbocycles. The highest BCUT2D eigenvalue weighted by atomic mass is 32.1. The van der Waals surface area contributed by atoms with E-state index in [-0.39, 0.29) is 6.04 Å². The SMILES string of the molecule is CC[C@@H](C)c1ccc([C@H](Nc2ccc3nnnn3n2)c2cccs2)cc1. The van der Waals surface area contributed by atoms with Crippen LogP contribution >= 0.6 is 11.3 Å². The van der Waals surface area contributed by atoms with Crippen LogP contribution in [0.25, 0.3) is 5.65 Å². The van der Waals surface area contributed by atoms with E-state index in [4.69, 9.17) is 0 Å². The number of hydrogen-bond donors (Lipinski definition) is 1. The maximum absolute atomic E-state index is 4.44. The van der Waals surface area contributed by atoms with Crippen molar-refractivity contribution in [1.29, 1.82) is 0 Å². The Balaban J connectivity index is 1.66. The first-order chi connectivity index (χ1) is 12.7. The first kappa shape index (κ1) is 16.7. The Kier molecular flexibility index (Phi) is 4.62. The number of rotatable bonds is 6. The number of nitrogens with one attached hydrogen (secondary N) is 1. The molecular weight excluding hydrogens is 344 g/mol. The van der Waals surface area contributed by atoms with Gasteiger partial charge in [-0.3, -0.25) is 0 Å². The first-order valence-corrected chi connectivity index (χ1v) is 9.58. The van der Waals surface area contributed by atoms with Crippen LogP contribution in [0.3, 0.4) is 0 Å². The fourth-order valence-corrected chi connectivity index (χ4v) is 3.70. The number of fused-ring (bicyclic) bond motifs is 1. The predicted octanol–water partition coefficient (Wildman–Crippen LogP) is 4.30. The number of tetrazole rings is 1. The number of thiophene rings is 1. The standard InChI is InChI=1S/C19H20N6S/c1-3-13(2)14-6-8-15(9-7-14)19(16-5-4-12-26-16)20-17-10-11-18-21-23-24-25(18)22-17/h4-13,19H,3H2,1-2H3,(H,20,22)/t13-,19+/m1/s1. The molecule has 26 heavy (non-hydrogen) atoms. The fraction of sp³-hybridized carbons (Fsp3) is 0.263. The second-order valence-electron chi connectivity index (χ2n) is 6.31. The lowest BCUT2D eigenvalue weighted by molar-refractivity contribution is 0.729. The van der Waals surface area contributed by atoms with Crippen LogP contribution in [0.15, 0.2) is 53.9 Å². The first-order valence-electron chi connectivity index (χ1n) is 8.70. The highest BCUT2D eigenvalue weighted by molar-refractivity contribution is 7.10. The van der Waals surface area contributed by atoms with Crippen LogP contribution < -0.4 is 5.32 Å². The molecule has 0 bridgehead atoms. The molecule has 3 aromatic heterocycles. The summed E-state index contributed by atoms with van der Waals surface area (Å²) in [6.07, 6.45) is 1.14. The molecule has 1 N–H and O–H groups in total. The number of anilines is 1. The van der Waals surface area contributed by atoms with Crippen LogP contribution in [0, 0.1) is 0 Å². The van der Waals surface area contributed by atoms with Gasteiger partial charge >= 0.3 is 0 Å². The van der Waals surface area contributed by atoms with Crippen molar-refractivity contribution in [2.24, 2.45) is 0 Å². The van der Waals surface area contributed by atoms with Crippen molar-refractivity contribution in [2.75, 3.05) is 5.32 Å². The molecule has 0 saturated carbocycles. The summed E-state index contributed by atoms with van der Waals surface area (Å²) >= 11 is 1.73. The maximum Gasteiger partial charge on any atom is 0.200 e. The summed E-state index contributed by atoms with van der Waals surface area (Å²) in [4.78, 5) is 1.24. The van der Waals surface area contributed by atoms with Gasteiger partial charge in [0, 0.05) is 4.88 Å². The lowest BCUT2D eigenvalue weighted by Crippen LogP contribution is -2.13. The van der Waals surface area contributed by atoms with Crippen molar-refractivity contribution < 1.29 is 0 Å². The van der Waals surface area contributed by atoms with Gasteiger partial charge in [-0.2, -0.15) is 0 Å². The minimum absolute atomic E-state index is 0.0300. The molecule has 0 fully saturated rings. The summed E-state index contributed by atoms with van der Waals surface area (Å²) < 4.78 is 1.43. The molecule has 0 aliphatic heterocycles. The van der Waals surface area contributed by atoms with E-state index in [2.05, 4.69) is 81.6 Å². The van der Waals surface area contributed by atoms with E-state index in [0.29, 0.717) is 11.6 Å². The highest BCUT2D eigenvalue weighted by Gasteiger charge is 2.17. The van der Waals surface area contributed by atoms with Crippen molar-refractivity contribution >= 4 is 22.8 Å². The number of benzene rings is 1. The molecule has 0 aliphatic rings. The molecule has 0 saturated heterocycles. The van der Waals surface area contributed by atoms with Gasteiger partial charge in [0.2, 0.25) is 0 Å². The second kappa shape index (κ2) is 7.21. The average molecular weight is 364 g/mol. The molecule has 132 valence electrons. The van der Waals surface area contributed by atoms with Crippen molar-refractivity contribution in [2.45, 2.75) is 32.2 Å². The van der Waals surface area contributed by atoms with Gasteiger partial charge in [0.1, 0.15) is 5.82 Å². The Labute approximate surface area is 155 Å². The third-order valence-electron chi connectivity index (χ3n) is 4.64. The number of nitrogens with zero attached hydrogens (tertiary/aromatic N) is 5. The van der Waals surface area contributed by atoms with E-state index in [1.54, 1.807) is 11.3 Å². The Bertz CT molecular complexity index is 977. The van der Waals surface area contributed by atoms with Gasteiger partial charge < -0.3 is 5.32 Å². The number of aromatic nitrogens is 5. The van der Waals surface area contributed by atoms with E-state index >= 15 is 0 Å². The normalized spacial score (nSPS) is 13.6. The Morgan fingerprint density at radius 1 is 1.08 bits per heavy atom. The molecule has 3 heterocycles. The molecule has 7 heteroatoms. The van der Waals surface area contributed by atoms with Gasteiger partial charge in [-0.05, 0) is 57.5 Å². The van der Waals surface area contributed by atoms with Crippen molar-refractivity contribution in [3.63, 3.8) is 0 Å². The highest BCUT2D eigenvalue weighted by Crippen LogP contribution is 2.30. The molecule has 0 spiro atoms. The zero-order valence-electron chi connectivity index (χ0n) is 14.7. The molecule has 0 unspecified atom stereocenters. The molecule has 1 aromatic carbocycles. The van der Waals surface area contributed by atoms with Gasteiger partial charge in [-0.1, -0.05) is 44.2 Å². The summed E-state index contributed by atoms with van der Waals surface area (Å²) in [6, 6.07) is 16.9. The minimum atomic E-state index is 0.0300. The van der Waals surface area contributed by atoms with Gasteiger partial charge in [0.05, 0.1) is 6.04 Å². The van der Waals surface area contributed by atoms with Gasteiger partial charge in [-0.15, -0.1) is 26.2 Å². The quantitative estimate of drug-likeness (QED) is 0.552. The summed E-state index contributed by atoms with van der Waals surface area (Å²) in [7, 11) is 0. The lowest BCUT2D eigenvalue weighted by Gasteiger charge is -2.19. The van der Waals surface area contributed by atoms with Crippen LogP contribution in [0.4, 0.5) is 5.82 Å². The molecule has 6 nitrogen and oxygen atoms in total. The number of hydrogen-bond acceptors (Lipinski definition) is 6. The lowest BCUT2D eigenvalue weighted by atomic mass is 9.95. The third kappa shape index (κ3) is 3.30. The summed E-state index contributed by atoms with van der Waals surface area (Å²) in [6.45, 7) is 4.48. The van der Waals surface area contributed by atoms with Gasteiger partial charge in [-0.25, -0.2) is 0 Å². The Morgan fingerprint density at radius 2 is 1.88 bits per heavy atom. The Morgan fingerprint density at radius 3 is 2.62 bits per heavy atom. The topological polar surface area (TPSA) is 68.0 Å². The fourth-order valence-electron chi connectivity index (χ4n) is 2.90. The van der Waals surface area contributed by atoms with E-state index in [1.807, 2.05) is 12.1 Å². The minimum Gasteiger partial charge on any atom is -0.357 e. The van der Waals surface area contributed by atoms with Crippen LogP contribution in [0.5, 0.6) is 0 Å². The van der Waals surface area contributed by atoms with Crippen molar-refractivity contribution in [3.05, 3.63) is 69.9 Å². The Hall–Kier alpha value is -2.80. The third-order valence-corrected chi connectivity index (χ3v) is 5.58. The molecule has 0 amide bonds. The largest absolute Gasteiger partial charge is 0.357 e. The molecule has 4 aromatic rings. The molecule has 4 rings (SSSR count). The zero-order chi connectivity index (χ0) is 17.9. The van der Waals surface area contributed by atoms with E-state index in [9.17, 15) is 0 Å². The van der Waals surface area contributed by atoms with Crippen molar-refractivity contribution in [3.8, 4) is 0 Å². The van der Waals surface area contributed by atoms with Gasteiger partial charge in [0.25, 0.3) is 0 Å². The predicted molar refractivity (Wildman–Crippen MR) is 104 cm³/mol. The van der Waals surface area contributed by atoms with E-state index < -0.39 is 0 Å². The van der Waals surface area contributed by atoms with Crippen LogP contribution in [0.2, 0.25) is 0 Å². The molecule has 0 radical (unpaired) electrons. The average Bonchev–Trinajstić information content (AvgIpc) is 3.37. The van der Waals surface area contributed by atoms with Crippen LogP contribution in [0.1, 0.15) is 48.2 Å². The monoisotopic (exact) mass is 364 g/mol. The van der Waals surface area contributed by atoms with Gasteiger partial charge in [0.15, 0.2) is 5.65 Å². The van der Waals surface area contributed by atoms with E-state index in [1.165, 1.54) is 20.6 Å². The van der Waals surface area contributed by atoms with Crippen molar-refractivity contribution in [1.82, 2.24) is 25.3 Å². The summed E-state index contributed by atoms with van der Waals surface area (Å²) in [5, 5.41) is 21.5. The summed E-state index contributed by atoms with van der Waals surface area (Å²) in [5.41, 5.74) is 3.20. The van der Waals surface area contributed by atoms with Crippen LogP contribution in [-0.2, 0) is 0 Å². The maximum atomic E-state index is 4.44. The molecule has 2 atom stereocenters. The molecular formula is C19H20N6S. The summed E-state index contributed by atoms with van der Waals surface area (Å²) in [5.74, 6) is 1.30.